The summed E-state index contributed by atoms with van der Waals surface area (Å²) in [5.74, 6) is -6.35. The molecule has 0 spiro atoms. The van der Waals surface area contributed by atoms with Crippen LogP contribution in [-0.2, 0) is 47.7 Å². The minimum atomic E-state index is -1.84. The van der Waals surface area contributed by atoms with Gasteiger partial charge in [0, 0.05) is 39.5 Å². The van der Waals surface area contributed by atoms with Crippen LogP contribution in [0.2, 0.25) is 0 Å². The van der Waals surface area contributed by atoms with E-state index in [-0.39, 0.29) is 0 Å². The topological polar surface area (TPSA) is 198 Å². The molecule has 0 bridgehead atoms. The maximum absolute atomic E-state index is 11.8. The first-order chi connectivity index (χ1) is 14.8. The van der Waals surface area contributed by atoms with Crippen molar-refractivity contribution in [1.82, 2.24) is 0 Å². The first-order valence-corrected chi connectivity index (χ1v) is 9.12. The van der Waals surface area contributed by atoms with Crippen LogP contribution in [0.15, 0.2) is 0 Å². The predicted octanol–water partition coefficient (Wildman–Crippen LogP) is -0.307. The Morgan fingerprint density at radius 1 is 0.781 bits per heavy atom. The molecule has 0 aromatic rings. The second-order valence-electron chi connectivity index (χ2n) is 6.42. The van der Waals surface area contributed by atoms with Crippen molar-refractivity contribution in [3.05, 3.63) is 10.1 Å². The van der Waals surface area contributed by atoms with Crippen LogP contribution >= 0.6 is 0 Å². The van der Waals surface area contributed by atoms with Gasteiger partial charge in [-0.2, -0.15) is 5.26 Å². The number of carbonyl (C=O) groups excluding carboxylic acids is 5. The zero-order valence-corrected chi connectivity index (χ0v) is 18.1. The normalized spacial score (nSPS) is 14.9. The summed E-state index contributed by atoms with van der Waals surface area (Å²) in [7, 11) is 0. The van der Waals surface area contributed by atoms with Crippen molar-refractivity contribution in [2.24, 2.45) is 5.92 Å². The fourth-order valence-corrected chi connectivity index (χ4v) is 2.62. The van der Waals surface area contributed by atoms with Crippen molar-refractivity contribution in [2.45, 2.75) is 59.0 Å². The van der Waals surface area contributed by atoms with Crippen molar-refractivity contribution < 1.29 is 52.6 Å². The van der Waals surface area contributed by atoms with Crippen molar-refractivity contribution in [2.75, 3.05) is 13.2 Å². The number of hydrogen-bond donors (Lipinski definition) is 0. The molecule has 0 N–H and O–H groups in total. The van der Waals surface area contributed by atoms with Crippen LogP contribution in [0, 0.1) is 27.4 Å². The molecule has 0 saturated heterocycles. The largest absolute Gasteiger partial charge is 0.462 e. The van der Waals surface area contributed by atoms with Gasteiger partial charge in [0.25, 0.3) is 0 Å². The lowest BCUT2D eigenvalue weighted by Crippen LogP contribution is -2.55. The van der Waals surface area contributed by atoms with Gasteiger partial charge in [-0.3, -0.25) is 34.1 Å². The number of esters is 5. The number of rotatable bonds is 12. The molecule has 0 amide bonds. The van der Waals surface area contributed by atoms with E-state index in [2.05, 4.69) is 0 Å². The molecule has 14 nitrogen and oxygen atoms in total. The molecule has 0 aromatic heterocycles. The monoisotopic (exact) mass is 460 g/mol. The summed E-state index contributed by atoms with van der Waals surface area (Å²) in [5, 5.41) is 20.4. The Balaban J connectivity index is 6.59. The van der Waals surface area contributed by atoms with Crippen LogP contribution in [0.3, 0.4) is 0 Å². The van der Waals surface area contributed by atoms with Crippen molar-refractivity contribution >= 4 is 29.8 Å². The first-order valence-electron chi connectivity index (χ1n) is 9.12. The van der Waals surface area contributed by atoms with Gasteiger partial charge in [-0.1, -0.05) is 0 Å². The summed E-state index contributed by atoms with van der Waals surface area (Å²) in [4.78, 5) is 68.1. The summed E-state index contributed by atoms with van der Waals surface area (Å²) in [6.45, 7) is 3.14. The van der Waals surface area contributed by atoms with Gasteiger partial charge in [-0.25, -0.2) is 0 Å². The van der Waals surface area contributed by atoms with Crippen molar-refractivity contribution in [3.8, 4) is 6.07 Å². The van der Waals surface area contributed by atoms with Gasteiger partial charge in [0.15, 0.2) is 30.3 Å². The highest BCUT2D eigenvalue weighted by Crippen LogP contribution is 2.24. The standard InChI is InChI=1S/C18H24N2O12/c1-9(21)28-8-15(29-10(2)22)17(31-12(4)24)18(32-13(5)25)16(30-11(3)23)14(6-19)7-20(26)27/h14-18H,7-8H2,1-5H3/t14-,15+,16-,17-,18+/m0/s1. The van der Waals surface area contributed by atoms with Crippen LogP contribution in [0.1, 0.15) is 34.6 Å². The van der Waals surface area contributed by atoms with Gasteiger partial charge in [-0.05, 0) is 0 Å². The average molecular weight is 460 g/mol. The SMILES string of the molecule is CC(=O)OC[C@@H](OC(C)=O)[C@H](OC(C)=O)[C@H](OC(C)=O)[C@@H](OC(C)=O)[C@@H](C#N)C[N+](=O)[O-]. The fourth-order valence-electron chi connectivity index (χ4n) is 2.62. The van der Waals surface area contributed by atoms with Crippen LogP contribution in [0.25, 0.3) is 0 Å². The minimum absolute atomic E-state index is 0.677. The molecule has 32 heavy (non-hydrogen) atoms. The van der Waals surface area contributed by atoms with Gasteiger partial charge >= 0.3 is 29.8 Å². The van der Waals surface area contributed by atoms with Crippen molar-refractivity contribution in [1.29, 1.82) is 5.26 Å². The number of ether oxygens (including phenoxy) is 5. The van der Waals surface area contributed by atoms with Crippen LogP contribution in [0.5, 0.6) is 0 Å². The molecule has 0 rings (SSSR count). The van der Waals surface area contributed by atoms with Gasteiger partial charge < -0.3 is 23.7 Å². The first kappa shape index (κ1) is 28.2. The Morgan fingerprint density at radius 2 is 1.22 bits per heavy atom. The van der Waals surface area contributed by atoms with E-state index in [4.69, 9.17) is 23.7 Å². The zero-order chi connectivity index (χ0) is 25.0. The number of hydrogen-bond acceptors (Lipinski definition) is 13. The molecule has 0 unspecified atom stereocenters. The molecule has 0 fully saturated rings. The molecule has 0 aliphatic rings. The van der Waals surface area contributed by atoms with E-state index in [0.29, 0.717) is 0 Å². The molecule has 0 aromatic carbocycles. The zero-order valence-electron chi connectivity index (χ0n) is 18.1. The predicted molar refractivity (Wildman–Crippen MR) is 99.8 cm³/mol. The molecular formula is C18H24N2O12. The lowest BCUT2D eigenvalue weighted by molar-refractivity contribution is -0.488. The third-order valence-corrected chi connectivity index (χ3v) is 3.60. The molecule has 0 heterocycles. The lowest BCUT2D eigenvalue weighted by Gasteiger charge is -2.36. The van der Waals surface area contributed by atoms with Crippen molar-refractivity contribution in [3.63, 3.8) is 0 Å². The Labute approximate surface area is 182 Å². The number of nitriles is 1. The molecular weight excluding hydrogens is 436 g/mol. The van der Waals surface area contributed by atoms with E-state index in [1.165, 1.54) is 0 Å². The number of nitro groups is 1. The van der Waals surface area contributed by atoms with Crippen LogP contribution < -0.4 is 0 Å². The highest BCUT2D eigenvalue weighted by molar-refractivity contribution is 5.69. The molecule has 178 valence electrons. The van der Waals surface area contributed by atoms with Gasteiger partial charge in [0.2, 0.25) is 6.54 Å². The lowest BCUT2D eigenvalue weighted by atomic mass is 9.92. The van der Waals surface area contributed by atoms with Crippen LogP contribution in [-0.4, -0.2) is 72.3 Å². The summed E-state index contributed by atoms with van der Waals surface area (Å²) in [6.07, 6.45) is -7.01. The Bertz CT molecular complexity index is 774. The van der Waals surface area contributed by atoms with Gasteiger partial charge in [-0.15, -0.1) is 0 Å². The summed E-state index contributed by atoms with van der Waals surface area (Å²) in [5.41, 5.74) is 0. The van der Waals surface area contributed by atoms with E-state index in [1.807, 2.05) is 0 Å². The van der Waals surface area contributed by atoms with Gasteiger partial charge in [0.1, 0.15) is 6.61 Å². The molecule has 0 aliphatic heterocycles. The maximum atomic E-state index is 11.8. The summed E-state index contributed by atoms with van der Waals surface area (Å²) < 4.78 is 25.1. The molecule has 0 saturated carbocycles. The Kier molecular flexibility index (Phi) is 11.9. The highest BCUT2D eigenvalue weighted by atomic mass is 16.6. The third-order valence-electron chi connectivity index (χ3n) is 3.60. The number of carbonyl (C=O) groups is 5. The molecule has 5 atom stereocenters. The number of nitrogens with zero attached hydrogens (tertiary/aromatic N) is 2. The highest BCUT2D eigenvalue weighted by Gasteiger charge is 2.48. The van der Waals surface area contributed by atoms with E-state index in [0.717, 1.165) is 34.6 Å². The van der Waals surface area contributed by atoms with Crippen LogP contribution in [0.4, 0.5) is 0 Å². The minimum Gasteiger partial charge on any atom is -0.462 e. The molecule has 0 aliphatic carbocycles. The third kappa shape index (κ3) is 10.9. The summed E-state index contributed by atoms with van der Waals surface area (Å²) in [6, 6.07) is 1.59. The fraction of sp³-hybridized carbons (Fsp3) is 0.667. The Morgan fingerprint density at radius 3 is 1.59 bits per heavy atom. The maximum Gasteiger partial charge on any atom is 0.303 e. The van der Waals surface area contributed by atoms with E-state index >= 15 is 0 Å². The van der Waals surface area contributed by atoms with Gasteiger partial charge in [0.05, 0.1) is 6.07 Å². The molecule has 0 radical (unpaired) electrons. The smallest absolute Gasteiger partial charge is 0.303 e. The summed E-state index contributed by atoms with van der Waals surface area (Å²) >= 11 is 0. The second-order valence-corrected chi connectivity index (χ2v) is 6.42. The van der Waals surface area contributed by atoms with E-state index in [9.17, 15) is 39.3 Å². The molecule has 14 heteroatoms. The van der Waals surface area contributed by atoms with E-state index in [1.54, 1.807) is 6.07 Å². The van der Waals surface area contributed by atoms with E-state index < -0.39 is 78.3 Å². The quantitative estimate of drug-likeness (QED) is 0.159. The Hall–Kier alpha value is -3.76. The second kappa shape index (κ2) is 13.5. The average Bonchev–Trinajstić information content (AvgIpc) is 2.63.